The molecule has 0 radical (unpaired) electrons. The molecule has 0 aliphatic carbocycles. The van der Waals surface area contributed by atoms with Gasteiger partial charge in [-0.15, -0.1) is 5.10 Å². The molecule has 1 saturated heterocycles. The van der Waals surface area contributed by atoms with Gasteiger partial charge in [0.15, 0.2) is 5.69 Å². The number of benzene rings is 1. The first kappa shape index (κ1) is 17.4. The molecule has 0 N–H and O–H groups in total. The van der Waals surface area contributed by atoms with Crippen LogP contribution in [0.4, 0.5) is 0 Å². The molecule has 1 aliphatic heterocycles. The number of aromatic nitrogens is 4. The Labute approximate surface area is 158 Å². The van der Waals surface area contributed by atoms with Gasteiger partial charge in [-0.05, 0) is 57.9 Å². The normalized spacial score (nSPS) is 16.7. The summed E-state index contributed by atoms with van der Waals surface area (Å²) in [5.41, 5.74) is 5.17. The molecule has 6 heteroatoms. The van der Waals surface area contributed by atoms with Crippen molar-refractivity contribution >= 4 is 5.91 Å². The molecule has 1 aliphatic rings. The smallest absolute Gasteiger partial charge is 0.276 e. The van der Waals surface area contributed by atoms with Crippen LogP contribution in [0.3, 0.4) is 0 Å². The first-order chi connectivity index (χ1) is 13.0. The van der Waals surface area contributed by atoms with Crippen LogP contribution in [0, 0.1) is 20.8 Å². The van der Waals surface area contributed by atoms with Crippen molar-refractivity contribution in [2.75, 3.05) is 6.54 Å². The highest BCUT2D eigenvalue weighted by Gasteiger charge is 2.34. The van der Waals surface area contributed by atoms with E-state index in [0.29, 0.717) is 5.69 Å². The van der Waals surface area contributed by atoms with Gasteiger partial charge in [-0.3, -0.25) is 9.78 Å². The average molecular weight is 361 g/mol. The number of hydrogen-bond acceptors (Lipinski definition) is 4. The molecule has 138 valence electrons. The fourth-order valence-corrected chi connectivity index (χ4v) is 3.66. The predicted molar refractivity (Wildman–Crippen MR) is 103 cm³/mol. The largest absolute Gasteiger partial charge is 0.329 e. The Hall–Kier alpha value is -3.02. The summed E-state index contributed by atoms with van der Waals surface area (Å²) < 4.78 is 1.72. The zero-order valence-corrected chi connectivity index (χ0v) is 15.9. The number of pyridine rings is 1. The lowest BCUT2D eigenvalue weighted by molar-refractivity contribution is 0.0726. The fourth-order valence-electron chi connectivity index (χ4n) is 3.66. The van der Waals surface area contributed by atoms with Crippen molar-refractivity contribution in [2.45, 2.75) is 39.7 Å². The van der Waals surface area contributed by atoms with E-state index >= 15 is 0 Å². The Kier molecular flexibility index (Phi) is 4.48. The molecule has 0 bridgehead atoms. The lowest BCUT2D eigenvalue weighted by Crippen LogP contribution is -2.31. The first-order valence-corrected chi connectivity index (χ1v) is 9.28. The molecule has 1 fully saturated rings. The number of likely N-dealkylation sites (tertiary alicyclic amines) is 1. The van der Waals surface area contributed by atoms with Crippen LogP contribution in [0.1, 0.15) is 52.0 Å². The maximum Gasteiger partial charge on any atom is 0.276 e. The van der Waals surface area contributed by atoms with Crippen molar-refractivity contribution in [2.24, 2.45) is 0 Å². The fraction of sp³-hybridized carbons (Fsp3) is 0.333. The van der Waals surface area contributed by atoms with Crippen molar-refractivity contribution in [3.8, 4) is 5.69 Å². The summed E-state index contributed by atoms with van der Waals surface area (Å²) >= 11 is 0. The van der Waals surface area contributed by atoms with E-state index in [2.05, 4.69) is 15.3 Å². The Morgan fingerprint density at radius 3 is 2.59 bits per heavy atom. The minimum absolute atomic E-state index is 0.00123. The van der Waals surface area contributed by atoms with Crippen molar-refractivity contribution in [1.82, 2.24) is 24.9 Å². The van der Waals surface area contributed by atoms with Crippen LogP contribution in [0.15, 0.2) is 42.5 Å². The lowest BCUT2D eigenvalue weighted by atomic mass is 10.1. The van der Waals surface area contributed by atoms with Crippen molar-refractivity contribution in [3.05, 3.63) is 70.8 Å². The summed E-state index contributed by atoms with van der Waals surface area (Å²) in [7, 11) is 0. The highest BCUT2D eigenvalue weighted by Crippen LogP contribution is 2.32. The van der Waals surface area contributed by atoms with Crippen LogP contribution in [-0.4, -0.2) is 37.3 Å². The third kappa shape index (κ3) is 3.23. The standard InChI is InChI=1S/C21H23N5O/c1-14-9-11-17(12-10-14)26-16(3)20(23-24-26)21(27)25-13-5-8-19(25)18-7-4-6-15(2)22-18/h4,6-7,9-12,19H,5,8,13H2,1-3H3. The molecule has 1 amide bonds. The average Bonchev–Trinajstić information content (AvgIpc) is 3.29. The van der Waals surface area contributed by atoms with Gasteiger partial charge >= 0.3 is 0 Å². The second kappa shape index (κ2) is 6.95. The van der Waals surface area contributed by atoms with Crippen LogP contribution in [0.2, 0.25) is 0 Å². The molecule has 27 heavy (non-hydrogen) atoms. The SMILES string of the molecule is Cc1ccc(-n2nnc(C(=O)N3CCCC3c3cccc(C)n3)c2C)cc1. The van der Waals surface area contributed by atoms with E-state index in [4.69, 9.17) is 0 Å². The van der Waals surface area contributed by atoms with Crippen molar-refractivity contribution in [3.63, 3.8) is 0 Å². The van der Waals surface area contributed by atoms with E-state index in [1.165, 1.54) is 5.56 Å². The van der Waals surface area contributed by atoms with E-state index in [1.807, 2.05) is 68.1 Å². The van der Waals surface area contributed by atoms with Crippen molar-refractivity contribution in [1.29, 1.82) is 0 Å². The van der Waals surface area contributed by atoms with E-state index in [1.54, 1.807) is 4.68 Å². The zero-order valence-electron chi connectivity index (χ0n) is 15.9. The highest BCUT2D eigenvalue weighted by molar-refractivity contribution is 5.93. The number of aryl methyl sites for hydroxylation is 2. The molecule has 1 unspecified atom stereocenters. The molecule has 2 aromatic heterocycles. The molecule has 0 spiro atoms. The second-order valence-electron chi connectivity index (χ2n) is 7.13. The van der Waals surface area contributed by atoms with Gasteiger partial charge in [0, 0.05) is 12.2 Å². The molecule has 1 aromatic carbocycles. The first-order valence-electron chi connectivity index (χ1n) is 9.28. The summed E-state index contributed by atoms with van der Waals surface area (Å²) in [5, 5.41) is 8.43. The van der Waals surface area contributed by atoms with Crippen LogP contribution >= 0.6 is 0 Å². The Morgan fingerprint density at radius 2 is 1.85 bits per heavy atom. The number of rotatable bonds is 3. The zero-order chi connectivity index (χ0) is 19.0. The Balaban J connectivity index is 1.64. The maximum atomic E-state index is 13.2. The number of carbonyl (C=O) groups excluding carboxylic acids is 1. The number of hydrogen-bond donors (Lipinski definition) is 0. The summed E-state index contributed by atoms with van der Waals surface area (Å²) in [5.74, 6) is -0.0725. The summed E-state index contributed by atoms with van der Waals surface area (Å²) in [6.07, 6.45) is 1.89. The lowest BCUT2D eigenvalue weighted by Gasteiger charge is -2.24. The molecule has 4 rings (SSSR count). The molecule has 6 nitrogen and oxygen atoms in total. The van der Waals surface area contributed by atoms with E-state index < -0.39 is 0 Å². The van der Waals surface area contributed by atoms with Gasteiger partial charge in [0.1, 0.15) is 0 Å². The Bertz CT molecular complexity index is 976. The minimum Gasteiger partial charge on any atom is -0.329 e. The molecular weight excluding hydrogens is 338 g/mol. The number of amides is 1. The third-order valence-electron chi connectivity index (χ3n) is 5.14. The van der Waals surface area contributed by atoms with Gasteiger partial charge < -0.3 is 4.90 Å². The van der Waals surface area contributed by atoms with Gasteiger partial charge in [-0.2, -0.15) is 0 Å². The minimum atomic E-state index is -0.0725. The highest BCUT2D eigenvalue weighted by atomic mass is 16.2. The van der Waals surface area contributed by atoms with E-state index in [9.17, 15) is 4.79 Å². The van der Waals surface area contributed by atoms with Gasteiger partial charge in [0.05, 0.1) is 23.1 Å². The van der Waals surface area contributed by atoms with Crippen LogP contribution in [0.5, 0.6) is 0 Å². The van der Waals surface area contributed by atoms with Crippen molar-refractivity contribution < 1.29 is 4.79 Å². The van der Waals surface area contributed by atoms with E-state index in [0.717, 1.165) is 42.2 Å². The van der Waals surface area contributed by atoms with E-state index in [-0.39, 0.29) is 11.9 Å². The van der Waals surface area contributed by atoms with Gasteiger partial charge in [-0.1, -0.05) is 29.0 Å². The van der Waals surface area contributed by atoms with Gasteiger partial charge in [0.25, 0.3) is 5.91 Å². The van der Waals surface area contributed by atoms with Crippen LogP contribution in [0.25, 0.3) is 5.69 Å². The quantitative estimate of drug-likeness (QED) is 0.715. The number of carbonyl (C=O) groups is 1. The summed E-state index contributed by atoms with van der Waals surface area (Å²) in [6.45, 7) is 6.63. The molecule has 0 saturated carbocycles. The van der Waals surface area contributed by atoms with Gasteiger partial charge in [-0.25, -0.2) is 4.68 Å². The Morgan fingerprint density at radius 1 is 1.07 bits per heavy atom. The molecule has 3 heterocycles. The summed E-state index contributed by atoms with van der Waals surface area (Å²) in [4.78, 5) is 19.7. The monoisotopic (exact) mass is 361 g/mol. The topological polar surface area (TPSA) is 63.9 Å². The molecular formula is C21H23N5O. The van der Waals surface area contributed by atoms with Crippen LogP contribution < -0.4 is 0 Å². The maximum absolute atomic E-state index is 13.2. The van der Waals surface area contributed by atoms with Crippen LogP contribution in [-0.2, 0) is 0 Å². The third-order valence-corrected chi connectivity index (χ3v) is 5.14. The second-order valence-corrected chi connectivity index (χ2v) is 7.13. The number of nitrogens with zero attached hydrogens (tertiary/aromatic N) is 5. The molecule has 3 aromatic rings. The van der Waals surface area contributed by atoms with Gasteiger partial charge in [0.2, 0.25) is 0 Å². The molecule has 1 atom stereocenters. The predicted octanol–water partition coefficient (Wildman–Crippen LogP) is 3.56. The summed E-state index contributed by atoms with van der Waals surface area (Å²) in [6, 6.07) is 14.0.